The second kappa shape index (κ2) is 8.07. The summed E-state index contributed by atoms with van der Waals surface area (Å²) in [4.78, 5) is 25.9. The molecule has 4 rings (SSSR count). The summed E-state index contributed by atoms with van der Waals surface area (Å²) in [6.45, 7) is 8.98. The van der Waals surface area contributed by atoms with Crippen LogP contribution in [0.15, 0.2) is 42.6 Å². The number of para-hydroxylation sites is 2. The van der Waals surface area contributed by atoms with Gasteiger partial charge in [-0.2, -0.15) is 0 Å². The van der Waals surface area contributed by atoms with E-state index in [9.17, 15) is 4.79 Å². The first kappa shape index (κ1) is 19.2. The van der Waals surface area contributed by atoms with Gasteiger partial charge in [0.2, 0.25) is 0 Å². The first-order valence-electron chi connectivity index (χ1n) is 9.96. The molecule has 0 spiro atoms. The van der Waals surface area contributed by atoms with E-state index in [1.54, 1.807) is 0 Å². The fourth-order valence-corrected chi connectivity index (χ4v) is 3.67. The maximum Gasteiger partial charge on any atom is 0.260 e. The second-order valence-corrected chi connectivity index (χ2v) is 7.58. The van der Waals surface area contributed by atoms with Gasteiger partial charge in [0.1, 0.15) is 11.6 Å². The number of carbonyl (C=O) groups excluding carboxylic acids is 1. The topological polar surface area (TPSA) is 58.6 Å². The van der Waals surface area contributed by atoms with Crippen LogP contribution in [0.2, 0.25) is 0 Å². The van der Waals surface area contributed by atoms with Gasteiger partial charge in [-0.3, -0.25) is 9.78 Å². The molecular formula is C23H26N4O2. The van der Waals surface area contributed by atoms with Crippen LogP contribution in [0, 0.1) is 20.8 Å². The van der Waals surface area contributed by atoms with Crippen molar-refractivity contribution in [3.05, 3.63) is 59.3 Å². The van der Waals surface area contributed by atoms with Crippen molar-refractivity contribution < 1.29 is 9.53 Å². The molecule has 1 saturated heterocycles. The van der Waals surface area contributed by atoms with E-state index in [4.69, 9.17) is 9.72 Å². The lowest BCUT2D eigenvalue weighted by Gasteiger charge is -2.35. The highest BCUT2D eigenvalue weighted by Gasteiger charge is 2.22. The van der Waals surface area contributed by atoms with Crippen molar-refractivity contribution in [3.8, 4) is 5.75 Å². The SMILES string of the molecule is Cc1cc(C)c(C)c(OCC(=O)N2CCN(c3cnc4ccccc4n3)CC2)c1. The number of rotatable bonds is 4. The summed E-state index contributed by atoms with van der Waals surface area (Å²) < 4.78 is 5.85. The molecule has 0 bridgehead atoms. The molecule has 0 radical (unpaired) electrons. The summed E-state index contributed by atoms with van der Waals surface area (Å²) in [5, 5.41) is 0. The van der Waals surface area contributed by atoms with E-state index in [-0.39, 0.29) is 12.5 Å². The Kier molecular flexibility index (Phi) is 5.34. The van der Waals surface area contributed by atoms with Crippen molar-refractivity contribution in [1.29, 1.82) is 0 Å². The predicted octanol–water partition coefficient (Wildman–Crippen LogP) is 3.28. The number of carbonyl (C=O) groups is 1. The molecule has 3 aromatic rings. The number of piperazine rings is 1. The van der Waals surface area contributed by atoms with E-state index >= 15 is 0 Å². The average molecular weight is 390 g/mol. The predicted molar refractivity (Wildman–Crippen MR) is 114 cm³/mol. The third kappa shape index (κ3) is 4.16. The van der Waals surface area contributed by atoms with Gasteiger partial charge in [-0.05, 0) is 55.7 Å². The highest BCUT2D eigenvalue weighted by molar-refractivity contribution is 5.78. The first-order chi connectivity index (χ1) is 14.0. The molecule has 1 fully saturated rings. The van der Waals surface area contributed by atoms with Gasteiger partial charge in [0.25, 0.3) is 5.91 Å². The second-order valence-electron chi connectivity index (χ2n) is 7.58. The Morgan fingerprint density at radius 1 is 1.03 bits per heavy atom. The molecule has 2 aromatic carbocycles. The van der Waals surface area contributed by atoms with Gasteiger partial charge in [0, 0.05) is 26.2 Å². The normalized spacial score (nSPS) is 14.3. The molecule has 1 amide bonds. The van der Waals surface area contributed by atoms with Crippen LogP contribution in [-0.4, -0.2) is 53.6 Å². The van der Waals surface area contributed by atoms with Gasteiger partial charge >= 0.3 is 0 Å². The number of hydrogen-bond acceptors (Lipinski definition) is 5. The standard InChI is InChI=1S/C23H26N4O2/c1-16-12-17(2)18(3)21(13-16)29-15-23(28)27-10-8-26(9-11-27)22-14-24-19-6-4-5-7-20(19)25-22/h4-7,12-14H,8-11,15H2,1-3H3. The van der Waals surface area contributed by atoms with Crippen LogP contribution in [0.3, 0.4) is 0 Å². The minimum absolute atomic E-state index is 0.0211. The van der Waals surface area contributed by atoms with Crippen LogP contribution in [0.25, 0.3) is 11.0 Å². The minimum Gasteiger partial charge on any atom is -0.483 e. The summed E-state index contributed by atoms with van der Waals surface area (Å²) >= 11 is 0. The number of anilines is 1. The van der Waals surface area contributed by atoms with Crippen molar-refractivity contribution in [2.24, 2.45) is 0 Å². The van der Waals surface area contributed by atoms with Gasteiger partial charge in [0.05, 0.1) is 17.2 Å². The van der Waals surface area contributed by atoms with Crippen LogP contribution < -0.4 is 9.64 Å². The van der Waals surface area contributed by atoms with E-state index in [2.05, 4.69) is 22.9 Å². The molecule has 6 nitrogen and oxygen atoms in total. The van der Waals surface area contributed by atoms with Gasteiger partial charge < -0.3 is 14.5 Å². The Labute approximate surface area is 171 Å². The maximum atomic E-state index is 12.6. The highest BCUT2D eigenvalue weighted by Crippen LogP contribution is 2.23. The number of amides is 1. The quantitative estimate of drug-likeness (QED) is 0.684. The summed E-state index contributed by atoms with van der Waals surface area (Å²) in [5.41, 5.74) is 5.19. The van der Waals surface area contributed by atoms with Crippen molar-refractivity contribution in [1.82, 2.24) is 14.9 Å². The summed E-state index contributed by atoms with van der Waals surface area (Å²) in [5.74, 6) is 1.67. The van der Waals surface area contributed by atoms with Crippen molar-refractivity contribution in [2.45, 2.75) is 20.8 Å². The number of aromatic nitrogens is 2. The van der Waals surface area contributed by atoms with Crippen molar-refractivity contribution in [3.63, 3.8) is 0 Å². The van der Waals surface area contributed by atoms with E-state index in [0.717, 1.165) is 46.8 Å². The summed E-state index contributed by atoms with van der Waals surface area (Å²) in [6.07, 6.45) is 1.81. The van der Waals surface area contributed by atoms with Gasteiger partial charge in [-0.1, -0.05) is 18.2 Å². The third-order valence-corrected chi connectivity index (χ3v) is 5.51. The molecule has 1 aliphatic rings. The molecule has 1 aliphatic heterocycles. The lowest BCUT2D eigenvalue weighted by atomic mass is 10.1. The highest BCUT2D eigenvalue weighted by atomic mass is 16.5. The number of aryl methyl sites for hydroxylation is 2. The average Bonchev–Trinajstić information content (AvgIpc) is 2.74. The molecule has 1 aromatic heterocycles. The van der Waals surface area contributed by atoms with Crippen LogP contribution in [0.5, 0.6) is 5.75 Å². The van der Waals surface area contributed by atoms with Crippen LogP contribution in [0.4, 0.5) is 5.82 Å². The number of nitrogens with zero attached hydrogens (tertiary/aromatic N) is 4. The van der Waals surface area contributed by atoms with Gasteiger partial charge in [-0.25, -0.2) is 4.98 Å². The molecular weight excluding hydrogens is 364 g/mol. The minimum atomic E-state index is 0.0211. The Bertz CT molecular complexity index is 1040. The fourth-order valence-electron chi connectivity index (χ4n) is 3.67. The van der Waals surface area contributed by atoms with Crippen LogP contribution >= 0.6 is 0 Å². The number of benzene rings is 2. The smallest absolute Gasteiger partial charge is 0.260 e. The zero-order valence-corrected chi connectivity index (χ0v) is 17.2. The molecule has 150 valence electrons. The molecule has 0 atom stereocenters. The van der Waals surface area contributed by atoms with Crippen molar-refractivity contribution >= 4 is 22.8 Å². The Hall–Kier alpha value is -3.15. The zero-order chi connectivity index (χ0) is 20.4. The first-order valence-corrected chi connectivity index (χ1v) is 9.96. The summed E-state index contributed by atoms with van der Waals surface area (Å²) in [6, 6.07) is 12.0. The third-order valence-electron chi connectivity index (χ3n) is 5.51. The van der Waals surface area contributed by atoms with E-state index in [1.165, 1.54) is 5.56 Å². The van der Waals surface area contributed by atoms with E-state index in [0.29, 0.717) is 13.1 Å². The molecule has 29 heavy (non-hydrogen) atoms. The largest absolute Gasteiger partial charge is 0.483 e. The van der Waals surface area contributed by atoms with Crippen molar-refractivity contribution in [2.75, 3.05) is 37.7 Å². The molecule has 0 saturated carbocycles. The number of ether oxygens (including phenoxy) is 1. The number of hydrogen-bond donors (Lipinski definition) is 0. The Balaban J connectivity index is 1.34. The summed E-state index contributed by atoms with van der Waals surface area (Å²) in [7, 11) is 0. The number of fused-ring (bicyclic) bond motifs is 1. The van der Waals surface area contributed by atoms with Crippen LogP contribution in [-0.2, 0) is 4.79 Å². The zero-order valence-electron chi connectivity index (χ0n) is 17.2. The lowest BCUT2D eigenvalue weighted by Crippen LogP contribution is -2.50. The van der Waals surface area contributed by atoms with E-state index in [1.807, 2.05) is 55.3 Å². The molecule has 0 N–H and O–H groups in total. The van der Waals surface area contributed by atoms with E-state index < -0.39 is 0 Å². The Morgan fingerprint density at radius 2 is 1.76 bits per heavy atom. The monoisotopic (exact) mass is 390 g/mol. The van der Waals surface area contributed by atoms with Gasteiger partial charge in [-0.15, -0.1) is 0 Å². The molecule has 6 heteroatoms. The Morgan fingerprint density at radius 3 is 2.52 bits per heavy atom. The van der Waals surface area contributed by atoms with Crippen LogP contribution in [0.1, 0.15) is 16.7 Å². The fraction of sp³-hybridized carbons (Fsp3) is 0.348. The lowest BCUT2D eigenvalue weighted by molar-refractivity contribution is -0.133. The molecule has 0 unspecified atom stereocenters. The molecule has 0 aliphatic carbocycles. The molecule has 2 heterocycles. The van der Waals surface area contributed by atoms with Gasteiger partial charge in [0.15, 0.2) is 6.61 Å². The maximum absolute atomic E-state index is 12.6.